The van der Waals surface area contributed by atoms with Gasteiger partial charge in [-0.25, -0.2) is 4.39 Å². The van der Waals surface area contributed by atoms with Gasteiger partial charge in [0, 0.05) is 11.6 Å². The van der Waals surface area contributed by atoms with Crippen molar-refractivity contribution in [2.45, 2.75) is 0 Å². The van der Waals surface area contributed by atoms with Crippen LogP contribution < -0.4 is 10.1 Å². The van der Waals surface area contributed by atoms with Gasteiger partial charge in [-0.15, -0.1) is 0 Å². The molecule has 0 radical (unpaired) electrons. The lowest BCUT2D eigenvalue weighted by atomic mass is 10.2. The highest BCUT2D eigenvalue weighted by molar-refractivity contribution is 6.04. The topological polar surface area (TPSA) is 78.8 Å². The average molecular weight is 277 g/mol. The molecule has 2 rings (SSSR count). The summed E-state index contributed by atoms with van der Waals surface area (Å²) >= 11 is 0. The molecule has 2 aromatic rings. The summed E-state index contributed by atoms with van der Waals surface area (Å²) in [5.74, 6) is -1.53. The second-order valence-corrected chi connectivity index (χ2v) is 4.00. The molecule has 0 aliphatic carbocycles. The summed E-state index contributed by atoms with van der Waals surface area (Å²) in [6.45, 7) is 0. The van der Waals surface area contributed by atoms with E-state index in [1.165, 1.54) is 37.4 Å². The number of phenolic OH excluding ortho intramolecular Hbond substituents is 2. The van der Waals surface area contributed by atoms with Gasteiger partial charge in [-0.3, -0.25) is 4.79 Å². The molecule has 104 valence electrons. The number of hydrogen-bond donors (Lipinski definition) is 3. The maximum atomic E-state index is 13.5. The number of carbonyl (C=O) groups excluding carboxylic acids is 1. The number of rotatable bonds is 3. The highest BCUT2D eigenvalue weighted by Gasteiger charge is 2.12. The fourth-order valence-electron chi connectivity index (χ4n) is 1.63. The van der Waals surface area contributed by atoms with Crippen LogP contribution in [-0.4, -0.2) is 23.2 Å². The zero-order valence-corrected chi connectivity index (χ0v) is 10.6. The minimum absolute atomic E-state index is 0.0666. The van der Waals surface area contributed by atoms with Crippen molar-refractivity contribution in [2.75, 3.05) is 12.4 Å². The number of hydrogen-bond acceptors (Lipinski definition) is 4. The fourth-order valence-corrected chi connectivity index (χ4v) is 1.63. The van der Waals surface area contributed by atoms with Crippen LogP contribution in [-0.2, 0) is 0 Å². The predicted octanol–water partition coefficient (Wildman–Crippen LogP) is 2.50. The molecule has 0 saturated carbocycles. The largest absolute Gasteiger partial charge is 0.508 e. The normalized spacial score (nSPS) is 10.1. The van der Waals surface area contributed by atoms with E-state index in [0.29, 0.717) is 0 Å². The highest BCUT2D eigenvalue weighted by atomic mass is 19.1. The molecule has 0 fully saturated rings. The number of amides is 1. The van der Waals surface area contributed by atoms with Crippen molar-refractivity contribution in [1.82, 2.24) is 0 Å². The third kappa shape index (κ3) is 2.80. The molecule has 1 amide bonds. The number of methoxy groups -OCH3 is 1. The van der Waals surface area contributed by atoms with Crippen molar-refractivity contribution in [3.8, 4) is 17.2 Å². The van der Waals surface area contributed by atoms with Gasteiger partial charge in [0.05, 0.1) is 12.8 Å². The molecule has 5 nitrogen and oxygen atoms in total. The summed E-state index contributed by atoms with van der Waals surface area (Å²) in [6, 6.07) is 7.47. The first-order valence-corrected chi connectivity index (χ1v) is 5.68. The van der Waals surface area contributed by atoms with E-state index in [9.17, 15) is 14.3 Å². The quantitative estimate of drug-likeness (QED) is 0.753. The number of anilines is 1. The van der Waals surface area contributed by atoms with Crippen molar-refractivity contribution in [2.24, 2.45) is 0 Å². The van der Waals surface area contributed by atoms with Crippen molar-refractivity contribution < 1.29 is 24.1 Å². The molecular formula is C14H12FNO4. The number of phenols is 2. The second-order valence-electron chi connectivity index (χ2n) is 4.00. The minimum atomic E-state index is -0.754. The highest BCUT2D eigenvalue weighted by Crippen LogP contribution is 2.27. The van der Waals surface area contributed by atoms with Gasteiger partial charge in [-0.1, -0.05) is 0 Å². The van der Waals surface area contributed by atoms with E-state index in [1.807, 2.05) is 0 Å². The van der Waals surface area contributed by atoms with Crippen LogP contribution in [0.1, 0.15) is 10.4 Å². The molecule has 0 aliphatic rings. The third-order valence-corrected chi connectivity index (χ3v) is 2.64. The van der Waals surface area contributed by atoms with Crippen LogP contribution in [0.5, 0.6) is 17.2 Å². The van der Waals surface area contributed by atoms with E-state index >= 15 is 0 Å². The molecule has 6 heteroatoms. The van der Waals surface area contributed by atoms with Gasteiger partial charge in [-0.2, -0.15) is 0 Å². The molecule has 0 bridgehead atoms. The van der Waals surface area contributed by atoms with Crippen molar-refractivity contribution in [1.29, 1.82) is 0 Å². The van der Waals surface area contributed by atoms with Crippen LogP contribution in [0.25, 0.3) is 0 Å². The fraction of sp³-hybridized carbons (Fsp3) is 0.0714. The average Bonchev–Trinajstić information content (AvgIpc) is 2.41. The lowest BCUT2D eigenvalue weighted by Gasteiger charge is -2.08. The summed E-state index contributed by atoms with van der Waals surface area (Å²) < 4.78 is 18.3. The van der Waals surface area contributed by atoms with Gasteiger partial charge in [-0.05, 0) is 30.3 Å². The Balaban J connectivity index is 2.21. The number of halogens is 1. The van der Waals surface area contributed by atoms with E-state index in [4.69, 9.17) is 9.84 Å². The van der Waals surface area contributed by atoms with Gasteiger partial charge >= 0.3 is 0 Å². The molecule has 0 aromatic heterocycles. The Morgan fingerprint density at radius 2 is 1.95 bits per heavy atom. The molecular weight excluding hydrogens is 265 g/mol. The van der Waals surface area contributed by atoms with Crippen LogP contribution in [0.3, 0.4) is 0 Å². The molecule has 0 aliphatic heterocycles. The van der Waals surface area contributed by atoms with Crippen LogP contribution >= 0.6 is 0 Å². The standard InChI is InChI=1S/C14H12FNO4/c1-20-13-5-2-8(6-12(13)18)14(19)16-11-4-3-9(17)7-10(11)15/h2-7,17-18H,1H3,(H,16,19). The smallest absolute Gasteiger partial charge is 0.255 e. The zero-order chi connectivity index (χ0) is 14.7. The van der Waals surface area contributed by atoms with Crippen molar-refractivity contribution in [3.05, 3.63) is 47.8 Å². The monoisotopic (exact) mass is 277 g/mol. The molecule has 0 heterocycles. The van der Waals surface area contributed by atoms with Gasteiger partial charge < -0.3 is 20.3 Å². The summed E-state index contributed by atoms with van der Waals surface area (Å²) in [5.41, 5.74) is 0.0823. The van der Waals surface area contributed by atoms with E-state index < -0.39 is 11.7 Å². The van der Waals surface area contributed by atoms with E-state index in [1.54, 1.807) is 0 Å². The predicted molar refractivity (Wildman–Crippen MR) is 70.7 cm³/mol. The van der Waals surface area contributed by atoms with E-state index in [2.05, 4.69) is 5.32 Å². The maximum absolute atomic E-state index is 13.5. The van der Waals surface area contributed by atoms with Gasteiger partial charge in [0.2, 0.25) is 0 Å². The van der Waals surface area contributed by atoms with Crippen molar-refractivity contribution in [3.63, 3.8) is 0 Å². The molecule has 0 spiro atoms. The third-order valence-electron chi connectivity index (χ3n) is 2.64. The van der Waals surface area contributed by atoms with Crippen molar-refractivity contribution >= 4 is 11.6 Å². The van der Waals surface area contributed by atoms with Crippen LogP contribution in [0.15, 0.2) is 36.4 Å². The summed E-state index contributed by atoms with van der Waals surface area (Å²) in [5, 5.41) is 21.0. The first kappa shape index (κ1) is 13.7. The van der Waals surface area contributed by atoms with E-state index in [-0.39, 0.29) is 28.5 Å². The molecule has 2 aromatic carbocycles. The Hall–Kier alpha value is -2.76. The Morgan fingerprint density at radius 3 is 2.55 bits per heavy atom. The Labute approximate surface area is 114 Å². The van der Waals surface area contributed by atoms with Gasteiger partial charge in [0.25, 0.3) is 5.91 Å². The molecule has 0 saturated heterocycles. The first-order valence-electron chi connectivity index (χ1n) is 5.68. The number of aromatic hydroxyl groups is 2. The maximum Gasteiger partial charge on any atom is 0.255 e. The summed E-state index contributed by atoms with van der Waals surface area (Å²) in [6.07, 6.45) is 0. The summed E-state index contributed by atoms with van der Waals surface area (Å²) in [7, 11) is 1.39. The number of nitrogens with one attached hydrogen (secondary N) is 1. The SMILES string of the molecule is COc1ccc(C(=O)Nc2ccc(O)cc2F)cc1O. The van der Waals surface area contributed by atoms with Gasteiger partial charge in [0.15, 0.2) is 11.5 Å². The Morgan fingerprint density at radius 1 is 1.20 bits per heavy atom. The van der Waals surface area contributed by atoms with Crippen LogP contribution in [0.4, 0.5) is 10.1 Å². The Kier molecular flexibility index (Phi) is 3.74. The lowest BCUT2D eigenvalue weighted by molar-refractivity contribution is 0.102. The first-order chi connectivity index (χ1) is 9.51. The van der Waals surface area contributed by atoms with Gasteiger partial charge in [0.1, 0.15) is 11.6 Å². The Bertz CT molecular complexity index is 658. The summed E-state index contributed by atoms with van der Waals surface area (Å²) in [4.78, 5) is 11.9. The number of ether oxygens (including phenoxy) is 1. The molecule has 20 heavy (non-hydrogen) atoms. The molecule has 0 atom stereocenters. The van der Waals surface area contributed by atoms with E-state index in [0.717, 1.165) is 6.07 Å². The number of benzene rings is 2. The lowest BCUT2D eigenvalue weighted by Crippen LogP contribution is -2.12. The molecule has 0 unspecified atom stereocenters. The van der Waals surface area contributed by atoms with Crippen LogP contribution in [0, 0.1) is 5.82 Å². The zero-order valence-electron chi connectivity index (χ0n) is 10.6. The molecule has 3 N–H and O–H groups in total. The second kappa shape index (κ2) is 5.48. The minimum Gasteiger partial charge on any atom is -0.508 e. The van der Waals surface area contributed by atoms with Crippen LogP contribution in [0.2, 0.25) is 0 Å². The number of carbonyl (C=O) groups is 1.